The number of rotatable bonds is 3. The molecular weight excluding hydrogens is 371 g/mol. The van der Waals surface area contributed by atoms with Crippen LogP contribution in [0.25, 0.3) is 32.9 Å². The zero-order valence-corrected chi connectivity index (χ0v) is 15.5. The highest BCUT2D eigenvalue weighted by atomic mass is 32.1. The Balaban J connectivity index is 1.75. The highest BCUT2D eigenvalue weighted by Crippen LogP contribution is 2.38. The summed E-state index contributed by atoms with van der Waals surface area (Å²) < 4.78 is 41.9. The minimum Gasteiger partial charge on any atom is -0.330 e. The molecule has 138 valence electrons. The van der Waals surface area contributed by atoms with Crippen molar-refractivity contribution in [1.82, 2.24) is 14.5 Å². The third kappa shape index (κ3) is 3.23. The van der Waals surface area contributed by atoms with Gasteiger partial charge in [0, 0.05) is 40.3 Å². The fourth-order valence-electron chi connectivity index (χ4n) is 3.06. The molecule has 0 fully saturated rings. The molecule has 0 saturated heterocycles. The predicted octanol–water partition coefficient (Wildman–Crippen LogP) is 6.43. The number of hydrogen-bond acceptors (Lipinski definition) is 3. The van der Waals surface area contributed by atoms with Crippen LogP contribution in [0.3, 0.4) is 0 Å². The average Bonchev–Trinajstić information content (AvgIpc) is 3.27. The Kier molecular flexibility index (Phi) is 4.26. The minimum atomic E-state index is -4.42. The van der Waals surface area contributed by atoms with Crippen molar-refractivity contribution >= 4 is 22.4 Å². The summed E-state index contributed by atoms with van der Waals surface area (Å²) in [5, 5.41) is 3.28. The number of alkyl halides is 3. The number of halogens is 3. The van der Waals surface area contributed by atoms with E-state index in [1.54, 1.807) is 17.6 Å². The van der Waals surface area contributed by atoms with Gasteiger partial charge in [0.2, 0.25) is 0 Å². The van der Waals surface area contributed by atoms with Gasteiger partial charge in [-0.3, -0.25) is 0 Å². The van der Waals surface area contributed by atoms with E-state index in [0.29, 0.717) is 16.7 Å². The monoisotopic (exact) mass is 387 g/mol. The molecule has 0 aliphatic heterocycles. The summed E-state index contributed by atoms with van der Waals surface area (Å²) in [6.07, 6.45) is -0.709. The maximum Gasteiger partial charge on any atom is 0.417 e. The van der Waals surface area contributed by atoms with E-state index < -0.39 is 11.7 Å². The first-order valence-electron chi connectivity index (χ1n) is 8.43. The predicted molar refractivity (Wildman–Crippen MR) is 102 cm³/mol. The molecule has 4 rings (SSSR count). The molecule has 1 aromatic carbocycles. The van der Waals surface area contributed by atoms with E-state index in [4.69, 9.17) is 0 Å². The normalized spacial score (nSPS) is 12.2. The first-order valence-corrected chi connectivity index (χ1v) is 9.31. The number of thiazole rings is 1. The van der Waals surface area contributed by atoms with Crippen LogP contribution in [0.1, 0.15) is 25.5 Å². The van der Waals surface area contributed by atoms with Crippen molar-refractivity contribution < 1.29 is 13.2 Å². The van der Waals surface area contributed by atoms with Crippen LogP contribution in [0.15, 0.2) is 54.2 Å². The molecule has 0 unspecified atom stereocenters. The van der Waals surface area contributed by atoms with E-state index >= 15 is 0 Å². The standard InChI is InChI=1S/C20H16F3N3S/c1-12(2)26-8-7-13-9-14(10-24-18(13)26)19-25-17(11-27-19)15-5-3-4-6-16(15)20(21,22)23/h3-12H,1-2H3. The molecule has 0 atom stereocenters. The van der Waals surface area contributed by atoms with Crippen LogP contribution in [-0.2, 0) is 6.18 Å². The van der Waals surface area contributed by atoms with Crippen LogP contribution < -0.4 is 0 Å². The zero-order valence-electron chi connectivity index (χ0n) is 14.7. The quantitative estimate of drug-likeness (QED) is 0.406. The summed E-state index contributed by atoms with van der Waals surface area (Å²) in [6.45, 7) is 4.17. The van der Waals surface area contributed by atoms with Gasteiger partial charge in [-0.1, -0.05) is 18.2 Å². The summed E-state index contributed by atoms with van der Waals surface area (Å²) in [5.41, 5.74) is 1.41. The number of nitrogens with zero attached hydrogens (tertiary/aromatic N) is 3. The molecule has 4 aromatic rings. The second-order valence-electron chi connectivity index (χ2n) is 6.53. The lowest BCUT2D eigenvalue weighted by Gasteiger charge is -2.10. The van der Waals surface area contributed by atoms with E-state index in [1.165, 1.54) is 23.5 Å². The topological polar surface area (TPSA) is 30.7 Å². The summed E-state index contributed by atoms with van der Waals surface area (Å²) in [4.78, 5) is 8.97. The Morgan fingerprint density at radius 1 is 1.11 bits per heavy atom. The summed E-state index contributed by atoms with van der Waals surface area (Å²) in [5.74, 6) is 0. The summed E-state index contributed by atoms with van der Waals surface area (Å²) >= 11 is 1.31. The highest BCUT2D eigenvalue weighted by Gasteiger charge is 2.33. The molecule has 0 amide bonds. The van der Waals surface area contributed by atoms with Crippen molar-refractivity contribution in [2.75, 3.05) is 0 Å². The number of aromatic nitrogens is 3. The van der Waals surface area contributed by atoms with Gasteiger partial charge >= 0.3 is 6.18 Å². The van der Waals surface area contributed by atoms with Gasteiger partial charge in [-0.05, 0) is 32.0 Å². The fraction of sp³-hybridized carbons (Fsp3) is 0.200. The van der Waals surface area contributed by atoms with Crippen molar-refractivity contribution in [3.05, 3.63) is 59.7 Å². The largest absolute Gasteiger partial charge is 0.417 e. The van der Waals surface area contributed by atoms with Crippen LogP contribution in [0.5, 0.6) is 0 Å². The number of fused-ring (bicyclic) bond motifs is 1. The molecule has 3 aromatic heterocycles. The van der Waals surface area contributed by atoms with Gasteiger partial charge in [-0.15, -0.1) is 11.3 Å². The van der Waals surface area contributed by atoms with Gasteiger partial charge < -0.3 is 4.57 Å². The van der Waals surface area contributed by atoms with Crippen LogP contribution in [0.4, 0.5) is 13.2 Å². The van der Waals surface area contributed by atoms with Crippen molar-refractivity contribution in [2.24, 2.45) is 0 Å². The van der Waals surface area contributed by atoms with E-state index in [9.17, 15) is 13.2 Å². The fourth-order valence-corrected chi connectivity index (χ4v) is 3.86. The van der Waals surface area contributed by atoms with Gasteiger partial charge in [0.1, 0.15) is 10.7 Å². The molecule has 0 aliphatic rings. The molecule has 0 aliphatic carbocycles. The Labute approximate surface area is 158 Å². The molecule has 0 saturated carbocycles. The summed E-state index contributed by atoms with van der Waals surface area (Å²) in [6, 6.07) is 9.76. The van der Waals surface area contributed by atoms with Gasteiger partial charge in [-0.25, -0.2) is 9.97 Å². The SMILES string of the molecule is CC(C)n1ccc2cc(-c3nc(-c4ccccc4C(F)(F)F)cs3)cnc21. The maximum atomic E-state index is 13.3. The minimum absolute atomic E-state index is 0.0903. The van der Waals surface area contributed by atoms with Gasteiger partial charge in [-0.2, -0.15) is 13.2 Å². The molecule has 3 heterocycles. The van der Waals surface area contributed by atoms with E-state index in [1.807, 2.05) is 18.3 Å². The second-order valence-corrected chi connectivity index (χ2v) is 7.39. The molecule has 0 radical (unpaired) electrons. The van der Waals surface area contributed by atoms with Gasteiger partial charge in [0.05, 0.1) is 11.3 Å². The molecule has 7 heteroatoms. The lowest BCUT2D eigenvalue weighted by molar-refractivity contribution is -0.137. The van der Waals surface area contributed by atoms with Gasteiger partial charge in [0.15, 0.2) is 0 Å². The van der Waals surface area contributed by atoms with Crippen molar-refractivity contribution in [3.63, 3.8) is 0 Å². The lowest BCUT2D eigenvalue weighted by Crippen LogP contribution is -2.06. The molecule has 27 heavy (non-hydrogen) atoms. The second kappa shape index (κ2) is 6.49. The first-order chi connectivity index (χ1) is 12.8. The number of pyridine rings is 1. The van der Waals surface area contributed by atoms with Crippen LogP contribution >= 0.6 is 11.3 Å². The molecule has 0 bridgehead atoms. The third-order valence-corrected chi connectivity index (χ3v) is 5.26. The van der Waals surface area contributed by atoms with Crippen LogP contribution in [-0.4, -0.2) is 14.5 Å². The van der Waals surface area contributed by atoms with Crippen molar-refractivity contribution in [2.45, 2.75) is 26.1 Å². The lowest BCUT2D eigenvalue weighted by atomic mass is 10.1. The molecule has 0 N–H and O–H groups in total. The third-order valence-electron chi connectivity index (χ3n) is 4.37. The van der Waals surface area contributed by atoms with E-state index in [0.717, 1.165) is 22.7 Å². The Hall–Kier alpha value is -2.67. The maximum absolute atomic E-state index is 13.3. The highest BCUT2D eigenvalue weighted by molar-refractivity contribution is 7.13. The van der Waals surface area contributed by atoms with Crippen LogP contribution in [0, 0.1) is 0 Å². The Morgan fingerprint density at radius 3 is 2.63 bits per heavy atom. The van der Waals surface area contributed by atoms with Crippen molar-refractivity contribution in [1.29, 1.82) is 0 Å². The Bertz CT molecular complexity index is 1110. The van der Waals surface area contributed by atoms with Gasteiger partial charge in [0.25, 0.3) is 0 Å². The summed E-state index contributed by atoms with van der Waals surface area (Å²) in [7, 11) is 0. The zero-order chi connectivity index (χ0) is 19.2. The molecule has 0 spiro atoms. The number of benzene rings is 1. The molecule has 3 nitrogen and oxygen atoms in total. The number of hydrogen-bond donors (Lipinski definition) is 0. The van der Waals surface area contributed by atoms with E-state index in [2.05, 4.69) is 28.4 Å². The molecular formula is C20H16F3N3S. The Morgan fingerprint density at radius 2 is 1.89 bits per heavy atom. The first kappa shape index (κ1) is 17.7. The van der Waals surface area contributed by atoms with Crippen molar-refractivity contribution in [3.8, 4) is 21.8 Å². The smallest absolute Gasteiger partial charge is 0.330 e. The van der Waals surface area contributed by atoms with Crippen LogP contribution in [0.2, 0.25) is 0 Å². The average molecular weight is 387 g/mol. The van der Waals surface area contributed by atoms with E-state index in [-0.39, 0.29) is 5.56 Å².